The van der Waals surface area contributed by atoms with Crippen LogP contribution in [0.4, 0.5) is 0 Å². The zero-order valence-corrected chi connectivity index (χ0v) is 5.02. The molecule has 0 aromatic carbocycles. The molecule has 0 unspecified atom stereocenters. The van der Waals surface area contributed by atoms with Crippen molar-refractivity contribution < 1.29 is 0 Å². The topological polar surface area (TPSA) is 24.4 Å². The highest BCUT2D eigenvalue weighted by molar-refractivity contribution is 5.77. The summed E-state index contributed by atoms with van der Waals surface area (Å²) in [7, 11) is 1.79. The van der Waals surface area contributed by atoms with Crippen LogP contribution < -0.4 is 5.32 Å². The summed E-state index contributed by atoms with van der Waals surface area (Å²) in [6.45, 7) is 7.00. The monoisotopic (exact) mass is 110 g/mol. The molecule has 0 saturated carbocycles. The molecule has 0 amide bonds. The molecule has 0 aromatic rings. The van der Waals surface area contributed by atoms with E-state index in [0.717, 1.165) is 5.70 Å². The predicted molar refractivity (Wildman–Crippen MR) is 36.9 cm³/mol. The summed E-state index contributed by atoms with van der Waals surface area (Å²) >= 11 is 0. The highest BCUT2D eigenvalue weighted by Gasteiger charge is 1.74. The van der Waals surface area contributed by atoms with Crippen molar-refractivity contribution in [3.63, 3.8) is 0 Å². The summed E-state index contributed by atoms with van der Waals surface area (Å²) in [5.41, 5.74) is 0.782. The quantitative estimate of drug-likeness (QED) is 0.537. The van der Waals surface area contributed by atoms with Crippen LogP contribution in [0, 0.1) is 0 Å². The third-order valence-electron chi connectivity index (χ3n) is 0.657. The molecule has 0 fully saturated rings. The minimum Gasteiger partial charge on any atom is -0.387 e. The molecule has 0 radical (unpaired) electrons. The molecular weight excluding hydrogens is 100 g/mol. The van der Waals surface area contributed by atoms with Crippen LogP contribution in [-0.2, 0) is 0 Å². The molecule has 2 heteroatoms. The summed E-state index contributed by atoms with van der Waals surface area (Å²) in [4.78, 5) is 3.72. The van der Waals surface area contributed by atoms with Gasteiger partial charge < -0.3 is 5.32 Å². The molecule has 2 nitrogen and oxygen atoms in total. The first-order valence-corrected chi connectivity index (χ1v) is 2.32. The molecule has 0 spiro atoms. The van der Waals surface area contributed by atoms with E-state index in [4.69, 9.17) is 0 Å². The van der Waals surface area contributed by atoms with Gasteiger partial charge in [-0.3, -0.25) is 4.99 Å². The summed E-state index contributed by atoms with van der Waals surface area (Å²) in [5, 5.41) is 2.81. The molecule has 0 aliphatic rings. The summed E-state index contributed by atoms with van der Waals surface area (Å²) in [6, 6.07) is 0. The van der Waals surface area contributed by atoms with Gasteiger partial charge in [-0.05, 0) is 0 Å². The number of nitrogens with zero attached hydrogens (tertiary/aromatic N) is 1. The van der Waals surface area contributed by atoms with Crippen LogP contribution in [0.15, 0.2) is 30.0 Å². The Hall–Kier alpha value is -1.05. The lowest BCUT2D eigenvalue weighted by atomic mass is 10.5. The zero-order chi connectivity index (χ0) is 6.41. The molecule has 0 aliphatic heterocycles. The largest absolute Gasteiger partial charge is 0.387 e. The van der Waals surface area contributed by atoms with Gasteiger partial charge in [0.25, 0.3) is 0 Å². The Bertz CT molecular complexity index is 114. The minimum absolute atomic E-state index is 0.782. The van der Waals surface area contributed by atoms with Crippen LogP contribution in [0.3, 0.4) is 0 Å². The van der Waals surface area contributed by atoms with E-state index in [1.165, 1.54) is 6.20 Å². The first-order chi connectivity index (χ1) is 3.81. The normalized spacial score (nSPS) is 9.12. The molecular formula is C6H10N2. The summed E-state index contributed by atoms with van der Waals surface area (Å²) in [5.74, 6) is 0. The van der Waals surface area contributed by atoms with Crippen LogP contribution in [-0.4, -0.2) is 13.3 Å². The smallest absolute Gasteiger partial charge is 0.0493 e. The Morgan fingerprint density at radius 3 is 2.75 bits per heavy atom. The van der Waals surface area contributed by atoms with Crippen molar-refractivity contribution in [3.05, 3.63) is 25.1 Å². The Labute approximate surface area is 49.6 Å². The van der Waals surface area contributed by atoms with Crippen LogP contribution in [0.5, 0.6) is 0 Å². The lowest BCUT2D eigenvalue weighted by Gasteiger charge is -1.91. The Morgan fingerprint density at radius 1 is 1.75 bits per heavy atom. The van der Waals surface area contributed by atoms with E-state index in [0.29, 0.717) is 0 Å². The van der Waals surface area contributed by atoms with Crippen molar-refractivity contribution in [2.75, 3.05) is 7.05 Å². The fourth-order valence-electron chi connectivity index (χ4n) is 0.207. The lowest BCUT2D eigenvalue weighted by molar-refractivity contribution is 1.07. The van der Waals surface area contributed by atoms with Gasteiger partial charge in [0.2, 0.25) is 0 Å². The molecule has 0 rings (SSSR count). The number of rotatable bonds is 3. The van der Waals surface area contributed by atoms with Gasteiger partial charge in [-0.1, -0.05) is 13.2 Å². The van der Waals surface area contributed by atoms with Crippen LogP contribution in [0.25, 0.3) is 0 Å². The first kappa shape index (κ1) is 6.95. The van der Waals surface area contributed by atoms with E-state index >= 15 is 0 Å². The second-order valence-corrected chi connectivity index (χ2v) is 1.24. The van der Waals surface area contributed by atoms with Gasteiger partial charge in [-0.15, -0.1) is 0 Å². The number of aliphatic imine (C=N–C) groups is 1. The average Bonchev–Trinajstić information content (AvgIpc) is 1.83. The van der Waals surface area contributed by atoms with Crippen molar-refractivity contribution >= 4 is 6.21 Å². The molecule has 0 aliphatic carbocycles. The van der Waals surface area contributed by atoms with Gasteiger partial charge in [-0.25, -0.2) is 0 Å². The molecule has 44 valence electrons. The Morgan fingerprint density at radius 2 is 2.38 bits per heavy atom. The van der Waals surface area contributed by atoms with E-state index in [9.17, 15) is 0 Å². The van der Waals surface area contributed by atoms with E-state index in [1.54, 1.807) is 13.3 Å². The molecule has 1 N–H and O–H groups in total. The van der Waals surface area contributed by atoms with E-state index < -0.39 is 0 Å². The molecule has 0 atom stereocenters. The number of allylic oxidation sites excluding steroid dienone is 1. The highest BCUT2D eigenvalue weighted by atomic mass is 14.8. The zero-order valence-electron chi connectivity index (χ0n) is 5.02. The number of nitrogens with one attached hydrogen (secondary N) is 1. The average molecular weight is 110 g/mol. The second kappa shape index (κ2) is 4.12. The minimum atomic E-state index is 0.782. The van der Waals surface area contributed by atoms with E-state index in [1.807, 2.05) is 0 Å². The van der Waals surface area contributed by atoms with Crippen molar-refractivity contribution in [1.82, 2.24) is 5.32 Å². The SMILES string of the molecule is C=CN=CC(=C)NC. The molecule has 0 bridgehead atoms. The van der Waals surface area contributed by atoms with Gasteiger partial charge in [0.1, 0.15) is 0 Å². The number of hydrogen-bond donors (Lipinski definition) is 1. The fourth-order valence-corrected chi connectivity index (χ4v) is 0.207. The maximum Gasteiger partial charge on any atom is 0.0493 e. The Kier molecular flexibility index (Phi) is 3.58. The maximum absolute atomic E-state index is 3.72. The van der Waals surface area contributed by atoms with Crippen molar-refractivity contribution in [2.45, 2.75) is 0 Å². The Balaban J connectivity index is 3.52. The third kappa shape index (κ3) is 3.15. The van der Waals surface area contributed by atoms with Crippen molar-refractivity contribution in [1.29, 1.82) is 0 Å². The lowest BCUT2D eigenvalue weighted by Crippen LogP contribution is -2.04. The number of hydrogen-bond acceptors (Lipinski definition) is 2. The summed E-state index contributed by atoms with van der Waals surface area (Å²) < 4.78 is 0. The highest BCUT2D eigenvalue weighted by Crippen LogP contribution is 1.74. The van der Waals surface area contributed by atoms with Gasteiger partial charge in [0.05, 0.1) is 0 Å². The van der Waals surface area contributed by atoms with Crippen LogP contribution in [0.2, 0.25) is 0 Å². The van der Waals surface area contributed by atoms with Gasteiger partial charge >= 0.3 is 0 Å². The fraction of sp³-hybridized carbons (Fsp3) is 0.167. The maximum atomic E-state index is 3.72. The molecule has 0 saturated heterocycles. The standard InChI is InChI=1S/C6H10N2/c1-4-8-5-6(2)7-3/h4-5,7H,1-2H2,3H3. The van der Waals surface area contributed by atoms with Gasteiger partial charge in [-0.2, -0.15) is 0 Å². The predicted octanol–water partition coefficient (Wildman–Crippen LogP) is 0.934. The van der Waals surface area contributed by atoms with Gasteiger partial charge in [0.15, 0.2) is 0 Å². The first-order valence-electron chi connectivity index (χ1n) is 2.32. The van der Waals surface area contributed by atoms with Crippen LogP contribution in [0.1, 0.15) is 0 Å². The molecule has 0 heterocycles. The third-order valence-corrected chi connectivity index (χ3v) is 0.657. The second-order valence-electron chi connectivity index (χ2n) is 1.24. The van der Waals surface area contributed by atoms with E-state index in [2.05, 4.69) is 23.5 Å². The summed E-state index contributed by atoms with van der Waals surface area (Å²) in [6.07, 6.45) is 3.06. The molecule has 8 heavy (non-hydrogen) atoms. The van der Waals surface area contributed by atoms with E-state index in [-0.39, 0.29) is 0 Å². The van der Waals surface area contributed by atoms with Crippen molar-refractivity contribution in [2.24, 2.45) is 4.99 Å². The van der Waals surface area contributed by atoms with Crippen molar-refractivity contribution in [3.8, 4) is 0 Å². The van der Waals surface area contributed by atoms with Crippen LogP contribution >= 0.6 is 0 Å². The molecule has 0 aromatic heterocycles. The van der Waals surface area contributed by atoms with Gasteiger partial charge in [0, 0.05) is 25.2 Å².